The molecule has 24 heavy (non-hydrogen) atoms. The van der Waals surface area contributed by atoms with E-state index in [1.54, 1.807) is 0 Å². The van der Waals surface area contributed by atoms with Crippen molar-refractivity contribution in [3.8, 4) is 5.75 Å². The van der Waals surface area contributed by atoms with Crippen molar-refractivity contribution in [2.45, 2.75) is 64.8 Å². The highest BCUT2D eigenvalue weighted by Gasteiger charge is 2.39. The third-order valence-corrected chi connectivity index (χ3v) is 10.0. The molecule has 0 saturated heterocycles. The Kier molecular flexibility index (Phi) is 6.70. The summed E-state index contributed by atoms with van der Waals surface area (Å²) in [6.45, 7) is 16.0. The molecule has 138 valence electrons. The fraction of sp³-hybridized carbons (Fsp3) is 0.700. The first kappa shape index (κ1) is 21.2. The van der Waals surface area contributed by atoms with Gasteiger partial charge in [0.15, 0.2) is 0 Å². The summed E-state index contributed by atoms with van der Waals surface area (Å²) in [5, 5.41) is 0.198. The molecule has 1 rings (SSSR count). The minimum absolute atomic E-state index is 0.198. The zero-order valence-electron chi connectivity index (χ0n) is 17.7. The third-order valence-electron chi connectivity index (χ3n) is 5.64. The van der Waals surface area contributed by atoms with Gasteiger partial charge in [-0.25, -0.2) is 0 Å². The fourth-order valence-electron chi connectivity index (χ4n) is 2.23. The van der Waals surface area contributed by atoms with Gasteiger partial charge in [0.05, 0.1) is 0 Å². The lowest BCUT2D eigenvalue weighted by molar-refractivity contribution is 0.312. The normalized spacial score (nSPS) is 15.7. The number of nitrogens with zero attached hydrogens (tertiary/aromatic N) is 2. The Bertz CT molecular complexity index is 515. The molecule has 0 N–H and O–H groups in total. The smallest absolute Gasteiger partial charge is 0.250 e. The highest BCUT2D eigenvalue weighted by atomic mass is 28.4. The minimum Gasteiger partial charge on any atom is -0.543 e. The van der Waals surface area contributed by atoms with E-state index < -0.39 is 8.32 Å². The first-order valence-electron chi connectivity index (χ1n) is 8.93. The number of hydrogen-bond acceptors (Lipinski definition) is 3. The molecule has 0 bridgehead atoms. The van der Waals surface area contributed by atoms with Gasteiger partial charge in [-0.2, -0.15) is 0 Å². The lowest BCUT2D eigenvalue weighted by Gasteiger charge is -2.37. The van der Waals surface area contributed by atoms with Gasteiger partial charge < -0.3 is 14.2 Å². The van der Waals surface area contributed by atoms with Gasteiger partial charge in [-0.15, -0.1) is 0 Å². The van der Waals surface area contributed by atoms with Gasteiger partial charge in [-0.3, -0.25) is 0 Å². The van der Waals surface area contributed by atoms with Crippen LogP contribution in [0.1, 0.15) is 57.8 Å². The van der Waals surface area contributed by atoms with E-state index >= 15 is 0 Å². The predicted molar refractivity (Wildman–Crippen MR) is 108 cm³/mol. The van der Waals surface area contributed by atoms with E-state index in [-0.39, 0.29) is 5.04 Å². The zero-order chi connectivity index (χ0) is 18.9. The second-order valence-electron chi connectivity index (χ2n) is 8.98. The number of hydrogen-bond donors (Lipinski definition) is 0. The summed E-state index contributed by atoms with van der Waals surface area (Å²) in [4.78, 5) is 4.49. The molecule has 0 spiro atoms. The molecule has 2 atom stereocenters. The topological polar surface area (TPSA) is 15.7 Å². The van der Waals surface area contributed by atoms with Gasteiger partial charge in [0.25, 0.3) is 0 Å². The van der Waals surface area contributed by atoms with Gasteiger partial charge >= 0.3 is 0 Å². The molecular weight excluding hydrogens is 312 g/mol. The fourth-order valence-corrected chi connectivity index (χ4v) is 3.24. The van der Waals surface area contributed by atoms with Crippen molar-refractivity contribution >= 4 is 8.32 Å². The number of rotatable bonds is 6. The summed E-state index contributed by atoms with van der Waals surface area (Å²) in [5.74, 6) is 1.02. The lowest BCUT2D eigenvalue weighted by Crippen LogP contribution is -2.43. The van der Waals surface area contributed by atoms with Crippen LogP contribution in [0.25, 0.3) is 0 Å². The Hall–Kier alpha value is -0.843. The average Bonchev–Trinajstić information content (AvgIpc) is 2.43. The van der Waals surface area contributed by atoms with E-state index in [9.17, 15) is 0 Å². The highest BCUT2D eigenvalue weighted by molar-refractivity contribution is 6.74. The van der Waals surface area contributed by atoms with E-state index in [1.165, 1.54) is 11.1 Å². The van der Waals surface area contributed by atoms with Crippen molar-refractivity contribution in [3.63, 3.8) is 0 Å². The molecule has 0 amide bonds. The third kappa shape index (κ3) is 5.07. The van der Waals surface area contributed by atoms with Gasteiger partial charge in [0.1, 0.15) is 5.75 Å². The molecule has 1 aromatic rings. The lowest BCUT2D eigenvalue weighted by atomic mass is 10.00. The van der Waals surface area contributed by atoms with Crippen molar-refractivity contribution in [1.82, 2.24) is 9.80 Å². The summed E-state index contributed by atoms with van der Waals surface area (Å²) in [5.41, 5.74) is 2.64. The summed E-state index contributed by atoms with van der Waals surface area (Å²) in [6.07, 6.45) is 0. The van der Waals surface area contributed by atoms with E-state index in [2.05, 4.69) is 104 Å². The largest absolute Gasteiger partial charge is 0.543 e. The minimum atomic E-state index is -1.84. The van der Waals surface area contributed by atoms with E-state index in [0.29, 0.717) is 12.1 Å². The molecule has 0 radical (unpaired) electrons. The molecule has 0 heterocycles. The first-order chi connectivity index (χ1) is 10.8. The van der Waals surface area contributed by atoms with Gasteiger partial charge in [0, 0.05) is 12.1 Å². The van der Waals surface area contributed by atoms with Gasteiger partial charge in [-0.1, -0.05) is 26.8 Å². The van der Waals surface area contributed by atoms with Crippen LogP contribution in [0, 0.1) is 0 Å². The molecule has 0 unspecified atom stereocenters. The molecular formula is C20H38N2OSi. The van der Waals surface area contributed by atoms with Crippen molar-refractivity contribution in [1.29, 1.82) is 0 Å². The van der Waals surface area contributed by atoms with E-state index in [4.69, 9.17) is 4.43 Å². The maximum atomic E-state index is 6.61. The predicted octanol–water partition coefficient (Wildman–Crippen LogP) is 5.32. The van der Waals surface area contributed by atoms with Crippen LogP contribution in [0.4, 0.5) is 0 Å². The van der Waals surface area contributed by atoms with Gasteiger partial charge in [-0.05, 0) is 83.4 Å². The van der Waals surface area contributed by atoms with Crippen LogP contribution in [-0.4, -0.2) is 46.3 Å². The van der Waals surface area contributed by atoms with Crippen molar-refractivity contribution in [2.24, 2.45) is 0 Å². The Morgan fingerprint density at radius 2 is 1.21 bits per heavy atom. The summed E-state index contributed by atoms with van der Waals surface area (Å²) in [7, 11) is 6.66. The highest BCUT2D eigenvalue weighted by Crippen LogP contribution is 2.39. The molecule has 0 aliphatic heterocycles. The summed E-state index contributed by atoms with van der Waals surface area (Å²) in [6, 6.07) is 7.52. The molecule has 1 aromatic carbocycles. The molecule has 0 saturated carbocycles. The Balaban J connectivity index is 3.33. The first-order valence-corrected chi connectivity index (χ1v) is 11.8. The second-order valence-corrected chi connectivity index (χ2v) is 13.7. The van der Waals surface area contributed by atoms with Crippen molar-refractivity contribution < 1.29 is 4.43 Å². The van der Waals surface area contributed by atoms with Gasteiger partial charge in [0.2, 0.25) is 8.32 Å². The second kappa shape index (κ2) is 7.59. The van der Waals surface area contributed by atoms with Crippen molar-refractivity contribution in [2.75, 3.05) is 28.2 Å². The summed E-state index contributed by atoms with van der Waals surface area (Å²) < 4.78 is 6.61. The molecule has 0 fully saturated rings. The van der Waals surface area contributed by atoms with E-state index in [0.717, 1.165) is 5.75 Å². The SMILES string of the molecule is C[C@H](c1cc(O[Si](C)(C)C(C)(C)C)cc([C@H](C)N(C)C)c1)N(C)C. The van der Waals surface area contributed by atoms with Crippen LogP contribution >= 0.6 is 0 Å². The van der Waals surface area contributed by atoms with Crippen LogP contribution in [0.15, 0.2) is 18.2 Å². The maximum absolute atomic E-state index is 6.61. The van der Waals surface area contributed by atoms with Crippen LogP contribution < -0.4 is 4.43 Å². The monoisotopic (exact) mass is 350 g/mol. The van der Waals surface area contributed by atoms with Crippen LogP contribution in [0.2, 0.25) is 18.1 Å². The Morgan fingerprint density at radius 3 is 1.50 bits per heavy atom. The number of benzene rings is 1. The van der Waals surface area contributed by atoms with Crippen LogP contribution in [0.3, 0.4) is 0 Å². The average molecular weight is 351 g/mol. The molecule has 0 aliphatic rings. The maximum Gasteiger partial charge on any atom is 0.250 e. The van der Waals surface area contributed by atoms with E-state index in [1.807, 2.05) is 0 Å². The molecule has 3 nitrogen and oxygen atoms in total. The van der Waals surface area contributed by atoms with Crippen LogP contribution in [0.5, 0.6) is 5.75 Å². The van der Waals surface area contributed by atoms with Crippen molar-refractivity contribution in [3.05, 3.63) is 29.3 Å². The Morgan fingerprint density at radius 1 is 0.833 bits per heavy atom. The quantitative estimate of drug-likeness (QED) is 0.646. The standard InChI is InChI=1S/C20H38N2OSi/c1-15(21(6)7)17-12-18(16(2)22(8)9)14-19(13-17)23-24(10,11)20(3,4)5/h12-16H,1-11H3/t15-,16+. The Labute approximate surface area is 151 Å². The molecule has 0 aliphatic carbocycles. The zero-order valence-corrected chi connectivity index (χ0v) is 18.7. The van der Waals surface area contributed by atoms with Crippen LogP contribution in [-0.2, 0) is 0 Å². The summed E-state index contributed by atoms with van der Waals surface area (Å²) >= 11 is 0. The molecule has 0 aromatic heterocycles. The molecule has 4 heteroatoms.